The van der Waals surface area contributed by atoms with E-state index in [1.165, 1.54) is 23.1 Å². The van der Waals surface area contributed by atoms with Crippen molar-refractivity contribution >= 4 is 29.1 Å². The number of anilines is 1. The first-order valence-electron chi connectivity index (χ1n) is 8.86. The van der Waals surface area contributed by atoms with E-state index in [0.29, 0.717) is 11.3 Å². The van der Waals surface area contributed by atoms with Gasteiger partial charge in [0.05, 0.1) is 5.02 Å². The summed E-state index contributed by atoms with van der Waals surface area (Å²) in [5.74, 6) is -1.24. The first-order chi connectivity index (χ1) is 13.0. The topological polar surface area (TPSA) is 52.7 Å². The monoisotopic (exact) mass is 389 g/mol. The molecule has 142 valence electrons. The Morgan fingerprint density at radius 1 is 1.15 bits per heavy atom. The number of carbonyl (C=O) groups excluding carboxylic acids is 2. The van der Waals surface area contributed by atoms with Gasteiger partial charge in [-0.1, -0.05) is 29.8 Å². The van der Waals surface area contributed by atoms with Crippen LogP contribution in [0.25, 0.3) is 0 Å². The van der Waals surface area contributed by atoms with Crippen LogP contribution in [0.1, 0.15) is 30.1 Å². The highest BCUT2D eigenvalue weighted by atomic mass is 35.5. The molecule has 0 aromatic heterocycles. The highest BCUT2D eigenvalue weighted by molar-refractivity contribution is 6.31. The average molecular weight is 390 g/mol. The number of amides is 2. The van der Waals surface area contributed by atoms with Gasteiger partial charge in [-0.3, -0.25) is 19.9 Å². The lowest BCUT2D eigenvalue weighted by atomic mass is 10.1. The first kappa shape index (κ1) is 19.3. The third-order valence-corrected chi connectivity index (χ3v) is 4.85. The van der Waals surface area contributed by atoms with Crippen molar-refractivity contribution in [2.75, 3.05) is 18.0 Å². The van der Waals surface area contributed by atoms with Gasteiger partial charge in [-0.2, -0.15) is 0 Å². The Hall–Kier alpha value is -2.44. The van der Waals surface area contributed by atoms with Gasteiger partial charge in [-0.25, -0.2) is 9.40 Å². The molecule has 0 radical (unpaired) electrons. The Labute approximate surface area is 162 Å². The van der Waals surface area contributed by atoms with E-state index < -0.39 is 11.9 Å². The van der Waals surface area contributed by atoms with E-state index in [2.05, 4.69) is 5.43 Å². The summed E-state index contributed by atoms with van der Waals surface area (Å²) in [7, 11) is 0. The van der Waals surface area contributed by atoms with Crippen molar-refractivity contribution < 1.29 is 14.0 Å². The molecule has 2 amide bonds. The normalized spacial score (nSPS) is 15.4. The summed E-state index contributed by atoms with van der Waals surface area (Å²) in [5, 5.41) is 1.74. The van der Waals surface area contributed by atoms with Crippen LogP contribution in [0.15, 0.2) is 48.5 Å². The highest BCUT2D eigenvalue weighted by Crippen LogP contribution is 2.26. The molecule has 1 aliphatic heterocycles. The molecule has 2 aromatic carbocycles. The van der Waals surface area contributed by atoms with Crippen molar-refractivity contribution in [3.8, 4) is 0 Å². The smallest absolute Gasteiger partial charge is 0.259 e. The lowest BCUT2D eigenvalue weighted by Crippen LogP contribution is -2.52. The molecule has 1 atom stereocenters. The van der Waals surface area contributed by atoms with E-state index in [9.17, 15) is 14.0 Å². The van der Waals surface area contributed by atoms with Gasteiger partial charge in [0.25, 0.3) is 11.8 Å². The number of nitrogens with one attached hydrogen (secondary N) is 1. The average Bonchev–Trinajstić information content (AvgIpc) is 3.18. The van der Waals surface area contributed by atoms with E-state index in [1.807, 2.05) is 5.01 Å². The van der Waals surface area contributed by atoms with Crippen LogP contribution >= 0.6 is 11.6 Å². The first-order valence-corrected chi connectivity index (χ1v) is 9.24. The summed E-state index contributed by atoms with van der Waals surface area (Å²) in [5.41, 5.74) is 3.64. The zero-order valence-corrected chi connectivity index (χ0v) is 15.7. The largest absolute Gasteiger partial charge is 0.296 e. The molecule has 27 heavy (non-hydrogen) atoms. The lowest BCUT2D eigenvalue weighted by molar-refractivity contribution is -0.126. The number of hydrogen-bond acceptors (Lipinski definition) is 3. The number of rotatable bonds is 5. The second kappa shape index (κ2) is 8.50. The van der Waals surface area contributed by atoms with E-state index in [1.54, 1.807) is 37.3 Å². The molecule has 1 N–H and O–H groups in total. The predicted octanol–water partition coefficient (Wildman–Crippen LogP) is 3.64. The minimum atomic E-state index is -0.806. The Morgan fingerprint density at radius 2 is 1.81 bits per heavy atom. The lowest BCUT2D eigenvalue weighted by Gasteiger charge is -2.30. The van der Waals surface area contributed by atoms with Gasteiger partial charge in [-0.05, 0) is 50.1 Å². The van der Waals surface area contributed by atoms with Crippen molar-refractivity contribution in [3.63, 3.8) is 0 Å². The molecule has 3 rings (SSSR count). The van der Waals surface area contributed by atoms with Crippen LogP contribution in [0, 0.1) is 5.82 Å². The number of benzene rings is 2. The molecule has 0 spiro atoms. The van der Waals surface area contributed by atoms with Crippen LogP contribution in [-0.2, 0) is 4.79 Å². The maximum absolute atomic E-state index is 13.6. The van der Waals surface area contributed by atoms with Gasteiger partial charge < -0.3 is 0 Å². The quantitative estimate of drug-likeness (QED) is 0.849. The minimum absolute atomic E-state index is 0.106. The van der Waals surface area contributed by atoms with Crippen molar-refractivity contribution in [2.24, 2.45) is 0 Å². The van der Waals surface area contributed by atoms with Crippen LogP contribution in [0.5, 0.6) is 0 Å². The summed E-state index contributed by atoms with van der Waals surface area (Å²) in [6.07, 6.45) is 2.05. The Bertz CT molecular complexity index is 825. The number of hydrogen-bond donors (Lipinski definition) is 1. The van der Waals surface area contributed by atoms with Crippen LogP contribution in [0.4, 0.5) is 10.1 Å². The van der Waals surface area contributed by atoms with Crippen molar-refractivity contribution in [2.45, 2.75) is 25.8 Å². The van der Waals surface area contributed by atoms with Gasteiger partial charge in [0.1, 0.15) is 11.9 Å². The van der Waals surface area contributed by atoms with Crippen molar-refractivity contribution in [3.05, 3.63) is 64.9 Å². The van der Waals surface area contributed by atoms with Gasteiger partial charge in [0.15, 0.2) is 0 Å². The van der Waals surface area contributed by atoms with Crippen LogP contribution < -0.4 is 10.3 Å². The predicted molar refractivity (Wildman–Crippen MR) is 103 cm³/mol. The SMILES string of the molecule is C[C@@H](C(=O)NN1CCCC1)N(C(=O)c1ccccc1)c1ccc(F)c(Cl)c1. The third kappa shape index (κ3) is 4.46. The Kier molecular flexibility index (Phi) is 6.08. The van der Waals surface area contributed by atoms with Crippen molar-refractivity contribution in [1.82, 2.24) is 10.4 Å². The molecule has 5 nitrogen and oxygen atoms in total. The molecular formula is C20H21ClFN3O2. The minimum Gasteiger partial charge on any atom is -0.296 e. The molecule has 7 heteroatoms. The molecule has 2 aromatic rings. The number of nitrogens with zero attached hydrogens (tertiary/aromatic N) is 2. The zero-order valence-electron chi connectivity index (χ0n) is 15.0. The van der Waals surface area contributed by atoms with E-state index >= 15 is 0 Å². The van der Waals surface area contributed by atoms with Gasteiger partial charge >= 0.3 is 0 Å². The zero-order chi connectivity index (χ0) is 19.4. The third-order valence-electron chi connectivity index (χ3n) is 4.56. The molecule has 0 saturated carbocycles. The van der Waals surface area contributed by atoms with E-state index in [0.717, 1.165) is 25.9 Å². The molecular weight excluding hydrogens is 369 g/mol. The fourth-order valence-corrected chi connectivity index (χ4v) is 3.24. The standard InChI is InChI=1S/C20H21ClFN3O2/c1-14(19(26)23-24-11-5-6-12-24)25(16-9-10-18(22)17(21)13-16)20(27)15-7-3-2-4-8-15/h2-4,7-10,13-14H,5-6,11-12H2,1H3,(H,23,26)/t14-/m0/s1. The fraction of sp³-hybridized carbons (Fsp3) is 0.300. The molecule has 0 unspecified atom stereocenters. The van der Waals surface area contributed by atoms with Crippen LogP contribution in [-0.4, -0.2) is 36.0 Å². The molecule has 1 saturated heterocycles. The number of halogens is 2. The van der Waals surface area contributed by atoms with E-state index in [-0.39, 0.29) is 16.8 Å². The molecule has 0 aliphatic carbocycles. The maximum Gasteiger partial charge on any atom is 0.259 e. The molecule has 0 bridgehead atoms. The van der Waals surface area contributed by atoms with Gasteiger partial charge in [0.2, 0.25) is 0 Å². The second-order valence-corrected chi connectivity index (χ2v) is 6.89. The number of hydrazine groups is 1. The number of carbonyl (C=O) groups is 2. The molecule has 1 heterocycles. The van der Waals surface area contributed by atoms with E-state index in [4.69, 9.17) is 11.6 Å². The highest BCUT2D eigenvalue weighted by Gasteiger charge is 2.30. The van der Waals surface area contributed by atoms with Gasteiger partial charge in [-0.15, -0.1) is 0 Å². The Balaban J connectivity index is 1.91. The molecule has 1 fully saturated rings. The molecule has 1 aliphatic rings. The maximum atomic E-state index is 13.6. The summed E-state index contributed by atoms with van der Waals surface area (Å²) in [6.45, 7) is 3.21. The van der Waals surface area contributed by atoms with Crippen molar-refractivity contribution in [1.29, 1.82) is 0 Å². The summed E-state index contributed by atoms with van der Waals surface area (Å²) in [4.78, 5) is 27.2. The summed E-state index contributed by atoms with van der Waals surface area (Å²) in [6, 6.07) is 11.8. The second-order valence-electron chi connectivity index (χ2n) is 6.49. The van der Waals surface area contributed by atoms with Gasteiger partial charge in [0, 0.05) is 24.3 Å². The Morgan fingerprint density at radius 3 is 2.44 bits per heavy atom. The van der Waals surface area contributed by atoms with Crippen LogP contribution in [0.3, 0.4) is 0 Å². The fourth-order valence-electron chi connectivity index (χ4n) is 3.07. The summed E-state index contributed by atoms with van der Waals surface area (Å²) < 4.78 is 13.6. The summed E-state index contributed by atoms with van der Waals surface area (Å²) >= 11 is 5.91. The van der Waals surface area contributed by atoms with Crippen LogP contribution in [0.2, 0.25) is 5.02 Å².